The molecule has 6 heteroatoms. The van der Waals surface area contributed by atoms with Crippen molar-refractivity contribution in [1.82, 2.24) is 4.90 Å². The molecule has 1 heterocycles. The van der Waals surface area contributed by atoms with E-state index in [4.69, 9.17) is 9.47 Å². The van der Waals surface area contributed by atoms with Gasteiger partial charge in [0.25, 0.3) is 0 Å². The van der Waals surface area contributed by atoms with E-state index in [9.17, 15) is 9.18 Å². The lowest BCUT2D eigenvalue weighted by Gasteiger charge is -2.35. The lowest BCUT2D eigenvalue weighted by molar-refractivity contribution is 0.104. The highest BCUT2D eigenvalue weighted by Crippen LogP contribution is 2.34. The van der Waals surface area contributed by atoms with Gasteiger partial charge in [0.05, 0.1) is 14.2 Å². The Morgan fingerprint density at radius 3 is 2.35 bits per heavy atom. The number of benzene rings is 3. The number of allylic oxidation sites excluding steroid dienone is 1. The Labute approximate surface area is 200 Å². The van der Waals surface area contributed by atoms with Crippen LogP contribution < -0.4 is 14.4 Å². The summed E-state index contributed by atoms with van der Waals surface area (Å²) >= 11 is 0. The first-order valence-corrected chi connectivity index (χ1v) is 11.3. The summed E-state index contributed by atoms with van der Waals surface area (Å²) in [5.41, 5.74) is 3.93. The summed E-state index contributed by atoms with van der Waals surface area (Å²) in [6.07, 6.45) is 3.14. The smallest absolute Gasteiger partial charge is 0.187 e. The Kier molecular flexibility index (Phi) is 7.28. The van der Waals surface area contributed by atoms with Crippen molar-refractivity contribution in [1.29, 1.82) is 0 Å². The van der Waals surface area contributed by atoms with Crippen LogP contribution in [-0.2, 0) is 0 Å². The lowest BCUT2D eigenvalue weighted by atomic mass is 9.97. The Bertz CT molecular complexity index is 1200. The van der Waals surface area contributed by atoms with Gasteiger partial charge in [0, 0.05) is 43.0 Å². The zero-order valence-electron chi connectivity index (χ0n) is 19.8. The summed E-state index contributed by atoms with van der Waals surface area (Å²) in [4.78, 5) is 17.9. The molecule has 0 amide bonds. The number of hydrogen-bond acceptors (Lipinski definition) is 5. The molecule has 0 N–H and O–H groups in total. The Morgan fingerprint density at radius 1 is 0.912 bits per heavy atom. The number of ketones is 1. The summed E-state index contributed by atoms with van der Waals surface area (Å²) in [6, 6.07) is 18.4. The number of methoxy groups -OCH3 is 2. The third kappa shape index (κ3) is 5.13. The van der Waals surface area contributed by atoms with Crippen LogP contribution in [0.15, 0.2) is 66.7 Å². The van der Waals surface area contributed by atoms with Crippen molar-refractivity contribution < 1.29 is 18.7 Å². The van der Waals surface area contributed by atoms with E-state index in [1.807, 2.05) is 42.5 Å². The molecule has 0 radical (unpaired) electrons. The second-order valence-corrected chi connectivity index (χ2v) is 8.31. The quantitative estimate of drug-likeness (QED) is 0.360. The van der Waals surface area contributed by atoms with Crippen molar-refractivity contribution in [2.75, 3.05) is 52.3 Å². The molecule has 1 saturated heterocycles. The van der Waals surface area contributed by atoms with E-state index in [2.05, 4.69) is 16.8 Å². The SMILES string of the molecule is COc1ccc(C=CC(=O)c2cc(-c3ccccc3OC)ccc2N2CCN(C)CC2)cc1F. The monoisotopic (exact) mass is 460 g/mol. The lowest BCUT2D eigenvalue weighted by Crippen LogP contribution is -2.45. The summed E-state index contributed by atoms with van der Waals surface area (Å²) in [5, 5.41) is 0. The van der Waals surface area contributed by atoms with E-state index in [0.29, 0.717) is 11.1 Å². The highest BCUT2D eigenvalue weighted by Gasteiger charge is 2.20. The molecule has 4 rings (SSSR count). The van der Waals surface area contributed by atoms with Crippen molar-refractivity contribution in [3.63, 3.8) is 0 Å². The first kappa shape index (κ1) is 23.5. The highest BCUT2D eigenvalue weighted by molar-refractivity contribution is 6.11. The van der Waals surface area contributed by atoms with E-state index in [1.54, 1.807) is 25.3 Å². The zero-order chi connectivity index (χ0) is 24.1. The second-order valence-electron chi connectivity index (χ2n) is 8.31. The van der Waals surface area contributed by atoms with E-state index < -0.39 is 5.82 Å². The van der Waals surface area contributed by atoms with Crippen LogP contribution in [0.2, 0.25) is 0 Å². The maximum absolute atomic E-state index is 14.1. The third-order valence-electron chi connectivity index (χ3n) is 6.13. The van der Waals surface area contributed by atoms with Gasteiger partial charge in [-0.15, -0.1) is 0 Å². The average Bonchev–Trinajstić information content (AvgIpc) is 2.87. The highest BCUT2D eigenvalue weighted by atomic mass is 19.1. The van der Waals surface area contributed by atoms with Crippen LogP contribution in [0.3, 0.4) is 0 Å². The summed E-state index contributed by atoms with van der Waals surface area (Å²) in [6.45, 7) is 3.56. The van der Waals surface area contributed by atoms with Crippen LogP contribution in [0, 0.1) is 5.82 Å². The molecule has 3 aromatic rings. The topological polar surface area (TPSA) is 42.0 Å². The van der Waals surface area contributed by atoms with Crippen molar-refractivity contribution in [2.24, 2.45) is 0 Å². The van der Waals surface area contributed by atoms with E-state index in [1.165, 1.54) is 19.3 Å². The van der Waals surface area contributed by atoms with Crippen LogP contribution in [-0.4, -0.2) is 58.1 Å². The first-order valence-electron chi connectivity index (χ1n) is 11.3. The molecule has 0 aliphatic carbocycles. The van der Waals surface area contributed by atoms with Gasteiger partial charge in [-0.05, 0) is 54.6 Å². The number of halogens is 1. The second kappa shape index (κ2) is 10.5. The molecule has 0 bridgehead atoms. The average molecular weight is 461 g/mol. The number of carbonyl (C=O) groups excluding carboxylic acids is 1. The van der Waals surface area contributed by atoms with Crippen molar-refractivity contribution in [2.45, 2.75) is 0 Å². The largest absolute Gasteiger partial charge is 0.496 e. The fourth-order valence-corrected chi connectivity index (χ4v) is 4.16. The van der Waals surface area contributed by atoms with Gasteiger partial charge in [-0.3, -0.25) is 4.79 Å². The molecule has 34 heavy (non-hydrogen) atoms. The molecule has 0 atom stereocenters. The van der Waals surface area contributed by atoms with E-state index in [-0.39, 0.29) is 11.5 Å². The summed E-state index contributed by atoms with van der Waals surface area (Å²) in [7, 11) is 5.16. The molecular weight excluding hydrogens is 431 g/mol. The van der Waals surface area contributed by atoms with Crippen LogP contribution in [0.25, 0.3) is 17.2 Å². The number of likely N-dealkylation sites (N-methyl/N-ethyl adjacent to an activating group) is 1. The van der Waals surface area contributed by atoms with Crippen molar-refractivity contribution >= 4 is 17.5 Å². The molecule has 0 aromatic heterocycles. The molecule has 5 nitrogen and oxygen atoms in total. The van der Waals surface area contributed by atoms with Gasteiger partial charge in [-0.25, -0.2) is 4.39 Å². The fourth-order valence-electron chi connectivity index (χ4n) is 4.16. The van der Waals surface area contributed by atoms with Gasteiger partial charge in [0.1, 0.15) is 5.75 Å². The van der Waals surface area contributed by atoms with E-state index in [0.717, 1.165) is 48.7 Å². The van der Waals surface area contributed by atoms with Crippen LogP contribution in [0.1, 0.15) is 15.9 Å². The molecule has 0 saturated carbocycles. The fraction of sp³-hybridized carbons (Fsp3) is 0.250. The van der Waals surface area contributed by atoms with Gasteiger partial charge >= 0.3 is 0 Å². The van der Waals surface area contributed by atoms with Gasteiger partial charge in [-0.1, -0.05) is 36.4 Å². The number of nitrogens with zero attached hydrogens (tertiary/aromatic N) is 2. The number of ether oxygens (including phenoxy) is 2. The molecule has 1 fully saturated rings. The van der Waals surface area contributed by atoms with Gasteiger partial charge in [0.15, 0.2) is 17.3 Å². The van der Waals surface area contributed by atoms with E-state index >= 15 is 0 Å². The minimum absolute atomic E-state index is 0.137. The van der Waals surface area contributed by atoms with Gasteiger partial charge < -0.3 is 19.3 Å². The minimum Gasteiger partial charge on any atom is -0.496 e. The number of piperazine rings is 1. The maximum Gasteiger partial charge on any atom is 0.187 e. The Hall–Kier alpha value is -3.64. The molecule has 1 aliphatic rings. The molecule has 3 aromatic carbocycles. The zero-order valence-corrected chi connectivity index (χ0v) is 19.8. The number of rotatable bonds is 7. The molecular formula is C28H29FN2O3. The third-order valence-corrected chi connectivity index (χ3v) is 6.13. The number of carbonyl (C=O) groups is 1. The minimum atomic E-state index is -0.464. The summed E-state index contributed by atoms with van der Waals surface area (Å²) in [5.74, 6) is 0.318. The molecule has 0 unspecified atom stereocenters. The van der Waals surface area contributed by atoms with Crippen LogP contribution >= 0.6 is 0 Å². The van der Waals surface area contributed by atoms with Crippen molar-refractivity contribution in [3.05, 3.63) is 83.7 Å². The van der Waals surface area contributed by atoms with Crippen LogP contribution in [0.5, 0.6) is 11.5 Å². The predicted molar refractivity (Wildman–Crippen MR) is 134 cm³/mol. The Balaban J connectivity index is 1.71. The van der Waals surface area contributed by atoms with Crippen LogP contribution in [0.4, 0.5) is 10.1 Å². The number of anilines is 1. The van der Waals surface area contributed by atoms with Crippen molar-refractivity contribution in [3.8, 4) is 22.6 Å². The van der Waals surface area contributed by atoms with Gasteiger partial charge in [0.2, 0.25) is 0 Å². The summed E-state index contributed by atoms with van der Waals surface area (Å²) < 4.78 is 24.6. The number of para-hydroxylation sites is 1. The molecule has 0 spiro atoms. The predicted octanol–water partition coefficient (Wildman–Crippen LogP) is 5.16. The normalized spacial score (nSPS) is 14.4. The first-order chi connectivity index (χ1) is 16.5. The number of hydrogen-bond donors (Lipinski definition) is 0. The standard InChI is InChI=1S/C28H29FN2O3/c1-30-14-16-31(17-15-30)25-11-10-21(22-6-4-5-7-27(22)33-2)19-23(25)26(32)12-8-20-9-13-28(34-3)24(29)18-20/h4-13,18-19H,14-17H2,1-3H3. The van der Waals surface area contributed by atoms with Gasteiger partial charge in [-0.2, -0.15) is 0 Å². The maximum atomic E-state index is 14.1. The molecule has 176 valence electrons. The Morgan fingerprint density at radius 2 is 1.65 bits per heavy atom. The molecule has 1 aliphatic heterocycles.